The van der Waals surface area contributed by atoms with E-state index in [2.05, 4.69) is 20.9 Å². The van der Waals surface area contributed by atoms with Crippen molar-refractivity contribution in [3.63, 3.8) is 0 Å². The van der Waals surface area contributed by atoms with Gasteiger partial charge in [0, 0.05) is 19.3 Å². The summed E-state index contributed by atoms with van der Waals surface area (Å²) in [6, 6.07) is 1.28. The van der Waals surface area contributed by atoms with E-state index in [1.165, 1.54) is 12.3 Å². The summed E-state index contributed by atoms with van der Waals surface area (Å²) in [6.07, 6.45) is 2.16. The van der Waals surface area contributed by atoms with Gasteiger partial charge in [0.15, 0.2) is 11.6 Å². The maximum Gasteiger partial charge on any atom is 0.254 e. The van der Waals surface area contributed by atoms with Crippen molar-refractivity contribution in [3.05, 3.63) is 23.6 Å². The molecule has 20 heavy (non-hydrogen) atoms. The second-order valence-corrected chi connectivity index (χ2v) is 4.08. The maximum absolute atomic E-state index is 14.0. The molecule has 0 saturated heterocycles. The molecule has 0 aliphatic heterocycles. The predicted molar refractivity (Wildman–Crippen MR) is 74.0 cm³/mol. The lowest BCUT2D eigenvalue weighted by atomic mass is 10.2. The minimum atomic E-state index is -0.714. The van der Waals surface area contributed by atoms with Crippen molar-refractivity contribution in [2.75, 3.05) is 25.0 Å². The molecule has 0 bridgehead atoms. The topological polar surface area (TPSA) is 83.1 Å². The van der Waals surface area contributed by atoms with E-state index in [0.29, 0.717) is 13.1 Å². The fourth-order valence-electron chi connectivity index (χ4n) is 1.50. The van der Waals surface area contributed by atoms with Crippen molar-refractivity contribution in [2.24, 2.45) is 0 Å². The molecule has 3 N–H and O–H groups in total. The molecule has 0 saturated carbocycles. The van der Waals surface area contributed by atoms with Gasteiger partial charge in [-0.1, -0.05) is 6.92 Å². The molecule has 1 aromatic rings. The Labute approximate surface area is 117 Å². The number of anilines is 1. The number of likely N-dealkylation sites (N-methyl/N-ethyl adjacent to an activating group) is 1. The Morgan fingerprint density at radius 2 is 2.05 bits per heavy atom. The average Bonchev–Trinajstić information content (AvgIpc) is 2.44. The van der Waals surface area contributed by atoms with Crippen LogP contribution in [0.15, 0.2) is 12.3 Å². The van der Waals surface area contributed by atoms with E-state index < -0.39 is 11.7 Å². The number of nitrogens with zero attached hydrogens (tertiary/aromatic N) is 1. The highest BCUT2D eigenvalue weighted by Gasteiger charge is 2.16. The van der Waals surface area contributed by atoms with Crippen LogP contribution in [0.1, 0.15) is 30.6 Å². The molecule has 0 unspecified atom stereocenters. The first kappa shape index (κ1) is 15.9. The normalized spacial score (nSPS) is 9.95. The van der Waals surface area contributed by atoms with Crippen LogP contribution in [0.3, 0.4) is 0 Å². The first-order chi connectivity index (χ1) is 9.60. The van der Waals surface area contributed by atoms with Gasteiger partial charge >= 0.3 is 0 Å². The summed E-state index contributed by atoms with van der Waals surface area (Å²) >= 11 is 0. The summed E-state index contributed by atoms with van der Waals surface area (Å²) < 4.78 is 14.0. The maximum atomic E-state index is 14.0. The highest BCUT2D eigenvalue weighted by Crippen LogP contribution is 2.14. The number of carbonyl (C=O) groups is 2. The van der Waals surface area contributed by atoms with E-state index >= 15 is 0 Å². The number of aromatic nitrogens is 1. The fraction of sp³-hybridized carbons (Fsp3) is 0.462. The summed E-state index contributed by atoms with van der Waals surface area (Å²) in [6.45, 7) is 4.56. The van der Waals surface area contributed by atoms with Crippen LogP contribution in [0, 0.1) is 5.82 Å². The number of hydrogen-bond donors (Lipinski definition) is 3. The lowest BCUT2D eigenvalue weighted by Crippen LogP contribution is -2.37. The van der Waals surface area contributed by atoms with Crippen LogP contribution in [-0.4, -0.2) is 36.4 Å². The van der Waals surface area contributed by atoms with Gasteiger partial charge in [0.1, 0.15) is 0 Å². The van der Waals surface area contributed by atoms with Gasteiger partial charge in [-0.2, -0.15) is 0 Å². The molecule has 0 spiro atoms. The molecule has 6 nitrogen and oxygen atoms in total. The zero-order chi connectivity index (χ0) is 15.0. The molecule has 0 aliphatic carbocycles. The predicted octanol–water partition coefficient (Wildman–Crippen LogP) is 0.908. The Bertz CT molecular complexity index is 479. The van der Waals surface area contributed by atoms with Gasteiger partial charge in [-0.25, -0.2) is 9.37 Å². The van der Waals surface area contributed by atoms with Gasteiger partial charge in [0.05, 0.1) is 12.1 Å². The lowest BCUT2D eigenvalue weighted by Gasteiger charge is -2.09. The van der Waals surface area contributed by atoms with E-state index in [0.717, 1.165) is 6.42 Å². The second-order valence-electron chi connectivity index (χ2n) is 4.08. The average molecular weight is 282 g/mol. The van der Waals surface area contributed by atoms with Crippen molar-refractivity contribution in [1.29, 1.82) is 0 Å². The number of halogens is 1. The highest BCUT2D eigenvalue weighted by atomic mass is 19.1. The third-order valence-electron chi connectivity index (χ3n) is 2.46. The van der Waals surface area contributed by atoms with Crippen LogP contribution in [0.5, 0.6) is 0 Å². The van der Waals surface area contributed by atoms with Gasteiger partial charge in [0.25, 0.3) is 5.91 Å². The number of nitrogens with one attached hydrogen (secondary N) is 3. The number of amides is 2. The Kier molecular flexibility index (Phi) is 6.42. The van der Waals surface area contributed by atoms with Crippen molar-refractivity contribution in [2.45, 2.75) is 20.3 Å². The Morgan fingerprint density at radius 1 is 1.30 bits per heavy atom. The Balaban J connectivity index is 2.70. The Morgan fingerprint density at radius 3 is 2.70 bits per heavy atom. The fourth-order valence-corrected chi connectivity index (χ4v) is 1.50. The number of rotatable bonds is 7. The highest BCUT2D eigenvalue weighted by molar-refractivity contribution is 5.97. The quantitative estimate of drug-likeness (QED) is 0.694. The van der Waals surface area contributed by atoms with Gasteiger partial charge in [0.2, 0.25) is 5.91 Å². The zero-order valence-electron chi connectivity index (χ0n) is 11.6. The third kappa shape index (κ3) is 4.49. The van der Waals surface area contributed by atoms with E-state index in [-0.39, 0.29) is 23.8 Å². The van der Waals surface area contributed by atoms with Crippen LogP contribution in [-0.2, 0) is 4.79 Å². The minimum absolute atomic E-state index is 0.0394. The Hall–Kier alpha value is -2.18. The number of hydrogen-bond acceptors (Lipinski definition) is 4. The van der Waals surface area contributed by atoms with Crippen LogP contribution in [0.4, 0.5) is 10.2 Å². The monoisotopic (exact) mass is 282 g/mol. The molecule has 1 aromatic heterocycles. The van der Waals surface area contributed by atoms with E-state index in [1.807, 2.05) is 6.92 Å². The van der Waals surface area contributed by atoms with E-state index in [1.54, 1.807) is 6.92 Å². The van der Waals surface area contributed by atoms with Crippen molar-refractivity contribution in [1.82, 2.24) is 15.6 Å². The number of carbonyl (C=O) groups excluding carboxylic acids is 2. The molecule has 110 valence electrons. The molecule has 1 rings (SSSR count). The smallest absolute Gasteiger partial charge is 0.254 e. The first-order valence-corrected chi connectivity index (χ1v) is 6.53. The molecule has 0 radical (unpaired) electrons. The second kappa shape index (κ2) is 8.08. The first-order valence-electron chi connectivity index (χ1n) is 6.53. The van der Waals surface area contributed by atoms with Crippen LogP contribution in [0.2, 0.25) is 0 Å². The molecule has 0 fully saturated rings. The molecule has 0 aromatic carbocycles. The molecule has 0 aliphatic rings. The summed E-state index contributed by atoms with van der Waals surface area (Å²) in [5.41, 5.74) is -0.136. The van der Waals surface area contributed by atoms with Crippen molar-refractivity contribution >= 4 is 17.6 Å². The molecular weight excluding hydrogens is 263 g/mol. The minimum Gasteiger partial charge on any atom is -0.368 e. The summed E-state index contributed by atoms with van der Waals surface area (Å²) in [5, 5.41) is 7.69. The SMILES string of the molecule is CCCNc1nccc(C(=O)NCC(=O)NCC)c1F. The van der Waals surface area contributed by atoms with Crippen LogP contribution < -0.4 is 16.0 Å². The molecule has 2 amide bonds. The zero-order valence-corrected chi connectivity index (χ0v) is 11.6. The van der Waals surface area contributed by atoms with Crippen LogP contribution in [0.25, 0.3) is 0 Å². The largest absolute Gasteiger partial charge is 0.368 e. The molecule has 1 heterocycles. The van der Waals surface area contributed by atoms with Gasteiger partial charge in [-0.15, -0.1) is 0 Å². The summed E-state index contributed by atoms with van der Waals surface area (Å²) in [7, 11) is 0. The third-order valence-corrected chi connectivity index (χ3v) is 2.46. The van der Waals surface area contributed by atoms with Crippen molar-refractivity contribution < 1.29 is 14.0 Å². The molecular formula is C13H19FN4O2. The van der Waals surface area contributed by atoms with Crippen molar-refractivity contribution in [3.8, 4) is 0 Å². The summed E-state index contributed by atoms with van der Waals surface area (Å²) in [4.78, 5) is 26.9. The standard InChI is InChI=1S/C13H19FN4O2/c1-3-6-16-12-11(14)9(5-7-17-12)13(20)18-8-10(19)15-4-2/h5,7H,3-4,6,8H2,1-2H3,(H,15,19)(H,16,17)(H,18,20). The molecule has 7 heteroatoms. The lowest BCUT2D eigenvalue weighted by molar-refractivity contribution is -0.120. The van der Waals surface area contributed by atoms with Gasteiger partial charge in [-0.05, 0) is 19.4 Å². The molecule has 0 atom stereocenters. The van der Waals surface area contributed by atoms with Gasteiger partial charge in [-0.3, -0.25) is 9.59 Å². The van der Waals surface area contributed by atoms with Gasteiger partial charge < -0.3 is 16.0 Å². The van der Waals surface area contributed by atoms with Crippen LogP contribution >= 0.6 is 0 Å². The number of pyridine rings is 1. The van der Waals surface area contributed by atoms with E-state index in [9.17, 15) is 14.0 Å². The van der Waals surface area contributed by atoms with E-state index in [4.69, 9.17) is 0 Å². The summed E-state index contributed by atoms with van der Waals surface area (Å²) in [5.74, 6) is -1.64.